The summed E-state index contributed by atoms with van der Waals surface area (Å²) in [6.45, 7) is 2.96. The van der Waals surface area contributed by atoms with Gasteiger partial charge in [0.05, 0.1) is 11.7 Å². The molecule has 27 heavy (non-hydrogen) atoms. The van der Waals surface area contributed by atoms with E-state index in [4.69, 9.17) is 4.52 Å². The van der Waals surface area contributed by atoms with Gasteiger partial charge in [-0.15, -0.1) is 0 Å². The average Bonchev–Trinajstić information content (AvgIpc) is 3.20. The zero-order valence-electron chi connectivity index (χ0n) is 14.7. The first-order valence-electron chi connectivity index (χ1n) is 7.89. The van der Waals surface area contributed by atoms with Gasteiger partial charge in [-0.2, -0.15) is 10.1 Å². The number of hydrogen-bond acceptors (Lipinski definition) is 7. The van der Waals surface area contributed by atoms with Gasteiger partial charge in [-0.05, 0) is 26.0 Å². The molecule has 1 aromatic carbocycles. The summed E-state index contributed by atoms with van der Waals surface area (Å²) in [4.78, 5) is 15.2. The fourth-order valence-electron chi connectivity index (χ4n) is 2.65. The van der Waals surface area contributed by atoms with E-state index in [2.05, 4.69) is 20.0 Å². The van der Waals surface area contributed by atoms with Crippen molar-refractivity contribution in [1.82, 2.24) is 24.6 Å². The minimum atomic E-state index is -4.18. The van der Waals surface area contributed by atoms with Crippen molar-refractivity contribution in [3.63, 3.8) is 0 Å². The second-order valence-corrected chi connectivity index (χ2v) is 7.51. The fraction of sp³-hybridized carbons (Fsp3) is 0.250. The molecular formula is C16H17N5O5S. The van der Waals surface area contributed by atoms with E-state index in [0.717, 1.165) is 4.68 Å². The van der Waals surface area contributed by atoms with Crippen LogP contribution in [0.5, 0.6) is 0 Å². The number of aryl methyl sites for hydroxylation is 2. The molecule has 10 nitrogen and oxygen atoms in total. The van der Waals surface area contributed by atoms with Crippen LogP contribution in [0.25, 0.3) is 11.5 Å². The largest absolute Gasteiger partial charge is 0.476 e. The third-order valence-electron chi connectivity index (χ3n) is 3.82. The SMILES string of the molecule is Cc1nn(C)c(C(=O)O)c1S(=O)(=O)NC(C)c1noc(-c2ccccc2)n1. The van der Waals surface area contributed by atoms with E-state index >= 15 is 0 Å². The van der Waals surface area contributed by atoms with Gasteiger partial charge in [-0.25, -0.2) is 17.9 Å². The number of carboxylic acids is 1. The van der Waals surface area contributed by atoms with Gasteiger partial charge in [-0.1, -0.05) is 23.4 Å². The van der Waals surface area contributed by atoms with E-state index in [-0.39, 0.29) is 17.4 Å². The highest BCUT2D eigenvalue weighted by molar-refractivity contribution is 7.89. The van der Waals surface area contributed by atoms with Gasteiger partial charge in [-0.3, -0.25) is 4.68 Å². The first-order valence-corrected chi connectivity index (χ1v) is 9.37. The topological polar surface area (TPSA) is 140 Å². The van der Waals surface area contributed by atoms with Gasteiger partial charge in [0.25, 0.3) is 5.89 Å². The van der Waals surface area contributed by atoms with Crippen LogP contribution < -0.4 is 4.72 Å². The normalized spacial score (nSPS) is 12.9. The molecule has 2 N–H and O–H groups in total. The van der Waals surface area contributed by atoms with Gasteiger partial charge in [0.2, 0.25) is 10.0 Å². The number of carbonyl (C=O) groups is 1. The lowest BCUT2D eigenvalue weighted by molar-refractivity contribution is 0.0680. The summed E-state index contributed by atoms with van der Waals surface area (Å²) >= 11 is 0. The maximum atomic E-state index is 12.7. The number of aromatic carboxylic acids is 1. The van der Waals surface area contributed by atoms with E-state index in [0.29, 0.717) is 5.56 Å². The van der Waals surface area contributed by atoms with Crippen LogP contribution in [0, 0.1) is 6.92 Å². The second-order valence-electron chi connectivity index (χ2n) is 5.86. The van der Waals surface area contributed by atoms with E-state index in [9.17, 15) is 18.3 Å². The summed E-state index contributed by atoms with van der Waals surface area (Å²) in [6.07, 6.45) is 0. The van der Waals surface area contributed by atoms with Gasteiger partial charge >= 0.3 is 5.97 Å². The maximum absolute atomic E-state index is 12.7. The van der Waals surface area contributed by atoms with E-state index in [1.54, 1.807) is 12.1 Å². The van der Waals surface area contributed by atoms with Crippen LogP contribution in [0.3, 0.4) is 0 Å². The highest BCUT2D eigenvalue weighted by Crippen LogP contribution is 2.23. The Kier molecular flexibility index (Phi) is 4.81. The smallest absolute Gasteiger partial charge is 0.355 e. The van der Waals surface area contributed by atoms with Gasteiger partial charge in [0.15, 0.2) is 11.5 Å². The third-order valence-corrected chi connectivity index (χ3v) is 5.51. The number of sulfonamides is 1. The lowest BCUT2D eigenvalue weighted by atomic mass is 10.2. The van der Waals surface area contributed by atoms with E-state index in [1.165, 1.54) is 20.9 Å². The minimum absolute atomic E-state index is 0.0766. The molecule has 3 aromatic rings. The van der Waals surface area contributed by atoms with Gasteiger partial charge in [0, 0.05) is 12.6 Å². The monoisotopic (exact) mass is 391 g/mol. The number of carboxylic acid groups (broad SMARTS) is 1. The molecule has 0 aliphatic heterocycles. The number of nitrogens with zero attached hydrogens (tertiary/aromatic N) is 4. The summed E-state index contributed by atoms with van der Waals surface area (Å²) < 4.78 is 34.0. The lowest BCUT2D eigenvalue weighted by Crippen LogP contribution is -2.29. The molecule has 1 atom stereocenters. The Morgan fingerprint density at radius 3 is 2.59 bits per heavy atom. The molecule has 0 aliphatic carbocycles. The summed E-state index contributed by atoms with van der Waals surface area (Å²) in [5, 5.41) is 17.0. The molecule has 0 amide bonds. The predicted octanol–water partition coefficient (Wildman–Crippen LogP) is 1.52. The zero-order valence-corrected chi connectivity index (χ0v) is 15.6. The number of aromatic nitrogens is 4. The molecule has 11 heteroatoms. The predicted molar refractivity (Wildman–Crippen MR) is 93.4 cm³/mol. The number of benzene rings is 1. The van der Waals surface area contributed by atoms with Crippen molar-refractivity contribution in [2.75, 3.05) is 0 Å². The molecule has 0 aliphatic rings. The minimum Gasteiger partial charge on any atom is -0.476 e. The Morgan fingerprint density at radius 1 is 1.30 bits per heavy atom. The van der Waals surface area contributed by atoms with Crippen molar-refractivity contribution >= 4 is 16.0 Å². The van der Waals surface area contributed by atoms with E-state index in [1.807, 2.05) is 18.2 Å². The highest BCUT2D eigenvalue weighted by atomic mass is 32.2. The van der Waals surface area contributed by atoms with E-state index < -0.39 is 32.6 Å². The molecule has 3 rings (SSSR count). The molecule has 2 heterocycles. The summed E-state index contributed by atoms with van der Waals surface area (Å²) in [5.74, 6) is -1.02. The van der Waals surface area contributed by atoms with Crippen LogP contribution in [0.15, 0.2) is 39.8 Å². The van der Waals surface area contributed by atoms with Crippen LogP contribution in [0.1, 0.15) is 35.0 Å². The van der Waals surface area contributed by atoms with Crippen LogP contribution in [-0.4, -0.2) is 39.4 Å². The molecule has 0 saturated carbocycles. The molecule has 0 radical (unpaired) electrons. The highest BCUT2D eigenvalue weighted by Gasteiger charge is 2.32. The Hall–Kier alpha value is -3.05. The Morgan fingerprint density at radius 2 is 1.96 bits per heavy atom. The average molecular weight is 391 g/mol. The van der Waals surface area contributed by atoms with Crippen LogP contribution in [-0.2, 0) is 17.1 Å². The Labute approximate surface area is 154 Å². The van der Waals surface area contributed by atoms with Gasteiger partial charge < -0.3 is 9.63 Å². The first kappa shape index (κ1) is 18.7. The molecule has 0 saturated heterocycles. The first-order chi connectivity index (χ1) is 12.7. The van der Waals surface area contributed by atoms with Crippen molar-refractivity contribution in [3.8, 4) is 11.5 Å². The number of rotatable bonds is 6. The number of nitrogens with one attached hydrogen (secondary N) is 1. The van der Waals surface area contributed by atoms with Crippen molar-refractivity contribution in [2.45, 2.75) is 24.8 Å². The quantitative estimate of drug-likeness (QED) is 0.644. The van der Waals surface area contributed by atoms with Crippen LogP contribution in [0.2, 0.25) is 0 Å². The molecule has 0 bridgehead atoms. The Bertz CT molecular complexity index is 1090. The number of hydrogen-bond donors (Lipinski definition) is 2. The maximum Gasteiger partial charge on any atom is 0.355 e. The standard InChI is InChI=1S/C16H17N5O5S/c1-9-13(12(16(22)23)21(3)18-9)27(24,25)20-10(2)14-17-15(26-19-14)11-7-5-4-6-8-11/h4-8,10,20H,1-3H3,(H,22,23). The van der Waals surface area contributed by atoms with Crippen molar-refractivity contribution in [3.05, 3.63) is 47.5 Å². The Balaban J connectivity index is 1.89. The van der Waals surface area contributed by atoms with Crippen LogP contribution in [0.4, 0.5) is 0 Å². The molecule has 0 fully saturated rings. The zero-order chi connectivity index (χ0) is 19.8. The van der Waals surface area contributed by atoms with Crippen molar-refractivity contribution in [2.24, 2.45) is 7.05 Å². The fourth-order valence-corrected chi connectivity index (χ4v) is 4.24. The summed E-state index contributed by atoms with van der Waals surface area (Å²) in [6, 6.07) is 8.17. The molecule has 0 spiro atoms. The summed E-state index contributed by atoms with van der Waals surface area (Å²) in [7, 11) is -2.82. The van der Waals surface area contributed by atoms with Crippen LogP contribution >= 0.6 is 0 Å². The molecule has 2 aromatic heterocycles. The molecule has 142 valence electrons. The molecular weight excluding hydrogens is 374 g/mol. The molecule has 1 unspecified atom stereocenters. The second kappa shape index (κ2) is 6.93. The van der Waals surface area contributed by atoms with Crippen molar-refractivity contribution in [1.29, 1.82) is 0 Å². The van der Waals surface area contributed by atoms with Crippen molar-refractivity contribution < 1.29 is 22.8 Å². The lowest BCUT2D eigenvalue weighted by Gasteiger charge is -2.11. The third kappa shape index (κ3) is 3.59. The summed E-state index contributed by atoms with van der Waals surface area (Å²) in [5.41, 5.74) is 0.348. The van der Waals surface area contributed by atoms with Gasteiger partial charge in [0.1, 0.15) is 4.90 Å².